The third-order valence-electron chi connectivity index (χ3n) is 3.07. The van der Waals surface area contributed by atoms with Gasteiger partial charge in [0.05, 0.1) is 11.9 Å². The van der Waals surface area contributed by atoms with Gasteiger partial charge in [-0.3, -0.25) is 9.40 Å². The smallest absolute Gasteiger partial charge is 0.340 e. The van der Waals surface area contributed by atoms with Crippen LogP contribution in [0.1, 0.15) is 10.4 Å². The average molecular weight is 325 g/mol. The van der Waals surface area contributed by atoms with Crippen LogP contribution in [-0.4, -0.2) is 42.0 Å². The van der Waals surface area contributed by atoms with Crippen LogP contribution in [0.2, 0.25) is 0 Å². The highest BCUT2D eigenvalue weighted by Gasteiger charge is 2.33. The minimum Gasteiger partial charge on any atom is -0.478 e. The summed E-state index contributed by atoms with van der Waals surface area (Å²) < 4.78 is 26.7. The van der Waals surface area contributed by atoms with E-state index in [1.54, 1.807) is 23.9 Å². The van der Waals surface area contributed by atoms with E-state index in [0.717, 1.165) is 11.1 Å². The Morgan fingerprint density at radius 2 is 2.14 bits per heavy atom. The van der Waals surface area contributed by atoms with Crippen molar-refractivity contribution in [3.8, 4) is 0 Å². The van der Waals surface area contributed by atoms with Gasteiger partial charge in [0.15, 0.2) is 5.03 Å². The van der Waals surface area contributed by atoms with E-state index in [4.69, 9.17) is 5.11 Å². The number of aromatic amines is 1. The molecule has 1 aromatic heterocycles. The second-order valence-electron chi connectivity index (χ2n) is 4.31. The lowest BCUT2D eigenvalue weighted by molar-refractivity contribution is 0.0692. The van der Waals surface area contributed by atoms with Crippen LogP contribution in [0.5, 0.6) is 0 Å². The van der Waals surface area contributed by atoms with Crippen LogP contribution in [0, 0.1) is 0 Å². The fraction of sp³-hybridized carbons (Fsp3) is 0.167. The number of aromatic nitrogens is 2. The predicted octanol–water partition coefficient (Wildman–Crippen LogP) is 1.41. The van der Waals surface area contributed by atoms with Crippen LogP contribution in [-0.2, 0) is 10.0 Å². The standard InChI is InChI=1S/C12H11N3O4S2/c16-12(17)8-7-13-14-11(8)21(18,19)15-5-6-20-10-4-2-1-3-9(10)15/h1-4,7H,5-6H2,(H,13,14)(H,16,17). The van der Waals surface area contributed by atoms with Gasteiger partial charge in [-0.05, 0) is 12.1 Å². The first-order valence-corrected chi connectivity index (χ1v) is 8.45. The van der Waals surface area contributed by atoms with Crippen LogP contribution in [0.3, 0.4) is 0 Å². The van der Waals surface area contributed by atoms with E-state index in [-0.39, 0.29) is 12.1 Å². The molecule has 2 heterocycles. The zero-order valence-electron chi connectivity index (χ0n) is 10.7. The van der Waals surface area contributed by atoms with E-state index in [1.165, 1.54) is 4.31 Å². The molecule has 0 atom stereocenters. The molecule has 3 rings (SSSR count). The largest absolute Gasteiger partial charge is 0.478 e. The average Bonchev–Trinajstić information content (AvgIpc) is 2.97. The number of carboxylic acids is 1. The molecule has 0 radical (unpaired) electrons. The molecule has 9 heteroatoms. The van der Waals surface area contributed by atoms with Gasteiger partial charge < -0.3 is 5.11 Å². The van der Waals surface area contributed by atoms with Crippen LogP contribution in [0.25, 0.3) is 0 Å². The van der Waals surface area contributed by atoms with E-state index >= 15 is 0 Å². The van der Waals surface area contributed by atoms with Gasteiger partial charge in [0.2, 0.25) is 0 Å². The van der Waals surface area contributed by atoms with Crippen LogP contribution in [0.4, 0.5) is 5.69 Å². The second-order valence-corrected chi connectivity index (χ2v) is 7.25. The van der Waals surface area contributed by atoms with Gasteiger partial charge in [-0.1, -0.05) is 12.1 Å². The van der Waals surface area contributed by atoms with E-state index in [0.29, 0.717) is 11.4 Å². The van der Waals surface area contributed by atoms with Gasteiger partial charge in [-0.2, -0.15) is 13.5 Å². The number of nitrogens with one attached hydrogen (secondary N) is 1. The Hall–Kier alpha value is -2.00. The Balaban J connectivity index is 2.12. The third kappa shape index (κ3) is 2.28. The normalized spacial score (nSPS) is 14.8. The molecule has 0 bridgehead atoms. The predicted molar refractivity (Wildman–Crippen MR) is 77.2 cm³/mol. The quantitative estimate of drug-likeness (QED) is 0.884. The topological polar surface area (TPSA) is 103 Å². The highest BCUT2D eigenvalue weighted by atomic mass is 32.2. The van der Waals surface area contributed by atoms with E-state index < -0.39 is 21.0 Å². The fourth-order valence-electron chi connectivity index (χ4n) is 2.13. The molecule has 110 valence electrons. The summed E-state index contributed by atoms with van der Waals surface area (Å²) in [6, 6.07) is 7.13. The second kappa shape index (κ2) is 5.08. The maximum atomic E-state index is 12.7. The number of sulfonamides is 1. The van der Waals surface area contributed by atoms with Gasteiger partial charge in [0.25, 0.3) is 10.0 Å². The van der Waals surface area contributed by atoms with Gasteiger partial charge in [0.1, 0.15) is 5.56 Å². The molecule has 0 amide bonds. The minimum atomic E-state index is -3.99. The molecule has 1 aromatic carbocycles. The maximum Gasteiger partial charge on any atom is 0.340 e. The zero-order valence-corrected chi connectivity index (χ0v) is 12.3. The summed E-state index contributed by atoms with van der Waals surface area (Å²) in [5.74, 6) is -0.728. The van der Waals surface area contributed by atoms with Gasteiger partial charge in [0, 0.05) is 17.2 Å². The van der Waals surface area contributed by atoms with Crippen LogP contribution >= 0.6 is 11.8 Å². The summed E-state index contributed by atoms with van der Waals surface area (Å²) in [5, 5.41) is 14.5. The highest BCUT2D eigenvalue weighted by molar-refractivity contribution is 8.00. The first kappa shape index (κ1) is 14.0. The molecular formula is C12H11N3O4S2. The monoisotopic (exact) mass is 325 g/mol. The van der Waals surface area contributed by atoms with Crippen molar-refractivity contribution in [3.05, 3.63) is 36.0 Å². The first-order chi connectivity index (χ1) is 10.0. The number of anilines is 1. The highest BCUT2D eigenvalue weighted by Crippen LogP contribution is 2.37. The number of thioether (sulfide) groups is 1. The molecule has 1 aliphatic heterocycles. The Morgan fingerprint density at radius 1 is 1.38 bits per heavy atom. The molecule has 0 unspecified atom stereocenters. The number of carboxylic acid groups (broad SMARTS) is 1. The van der Waals surface area contributed by atoms with E-state index in [1.807, 2.05) is 12.1 Å². The molecule has 2 aromatic rings. The summed E-state index contributed by atoms with van der Waals surface area (Å²) in [6.07, 6.45) is 1.000. The summed E-state index contributed by atoms with van der Waals surface area (Å²) in [6.45, 7) is 0.280. The number of hydrogen-bond acceptors (Lipinski definition) is 5. The number of aromatic carboxylic acids is 1. The SMILES string of the molecule is O=C(O)c1cn[nH]c1S(=O)(=O)N1CCSc2ccccc21. The molecule has 0 saturated heterocycles. The summed E-state index contributed by atoms with van der Waals surface area (Å²) in [5.41, 5.74) is 0.199. The van der Waals surface area contributed by atoms with Crippen molar-refractivity contribution in [1.82, 2.24) is 10.2 Å². The van der Waals surface area contributed by atoms with Crippen molar-refractivity contribution < 1.29 is 18.3 Å². The molecule has 7 nitrogen and oxygen atoms in total. The van der Waals surface area contributed by atoms with Crippen molar-refractivity contribution in [2.24, 2.45) is 0 Å². The van der Waals surface area contributed by atoms with Crippen LogP contribution in [0.15, 0.2) is 40.4 Å². The van der Waals surface area contributed by atoms with Gasteiger partial charge in [-0.25, -0.2) is 4.79 Å². The summed E-state index contributed by atoms with van der Waals surface area (Å²) in [7, 11) is -3.99. The summed E-state index contributed by atoms with van der Waals surface area (Å²) >= 11 is 1.57. The van der Waals surface area contributed by atoms with E-state index in [9.17, 15) is 13.2 Å². The molecule has 21 heavy (non-hydrogen) atoms. The molecule has 0 fully saturated rings. The number of H-pyrrole nitrogens is 1. The maximum absolute atomic E-state index is 12.7. The van der Waals surface area contributed by atoms with Crippen molar-refractivity contribution in [3.63, 3.8) is 0 Å². The molecule has 0 spiro atoms. The number of benzene rings is 1. The van der Waals surface area contributed by atoms with Gasteiger partial charge >= 0.3 is 5.97 Å². The minimum absolute atomic E-state index is 0.280. The van der Waals surface area contributed by atoms with Crippen molar-refractivity contribution >= 4 is 33.4 Å². The molecule has 0 aliphatic carbocycles. The first-order valence-electron chi connectivity index (χ1n) is 6.03. The van der Waals surface area contributed by atoms with E-state index in [2.05, 4.69) is 10.2 Å². The Kier molecular flexibility index (Phi) is 3.38. The lowest BCUT2D eigenvalue weighted by Crippen LogP contribution is -2.36. The van der Waals surface area contributed by atoms with Gasteiger partial charge in [-0.15, -0.1) is 11.8 Å². The Labute approximate surface area is 125 Å². The number of para-hydroxylation sites is 1. The van der Waals surface area contributed by atoms with Crippen molar-refractivity contribution in [2.45, 2.75) is 9.92 Å². The molecule has 1 aliphatic rings. The number of carbonyl (C=O) groups is 1. The number of hydrogen-bond donors (Lipinski definition) is 2. The number of rotatable bonds is 3. The van der Waals surface area contributed by atoms with Crippen molar-refractivity contribution in [2.75, 3.05) is 16.6 Å². The number of fused-ring (bicyclic) bond motifs is 1. The molecular weight excluding hydrogens is 314 g/mol. The lowest BCUT2D eigenvalue weighted by atomic mass is 10.3. The Bertz CT molecular complexity index is 800. The lowest BCUT2D eigenvalue weighted by Gasteiger charge is -2.29. The fourth-order valence-corrected chi connectivity index (χ4v) is 4.85. The molecule has 0 saturated carbocycles. The van der Waals surface area contributed by atoms with Crippen molar-refractivity contribution in [1.29, 1.82) is 0 Å². The number of nitrogens with zero attached hydrogens (tertiary/aromatic N) is 2. The third-order valence-corrected chi connectivity index (χ3v) is 5.90. The summed E-state index contributed by atoms with van der Waals surface area (Å²) in [4.78, 5) is 12.0. The molecule has 2 N–H and O–H groups in total. The zero-order chi connectivity index (χ0) is 15.0. The van der Waals surface area contributed by atoms with Crippen LogP contribution < -0.4 is 4.31 Å². The Morgan fingerprint density at radius 3 is 2.90 bits per heavy atom.